The summed E-state index contributed by atoms with van der Waals surface area (Å²) in [5.41, 5.74) is 0.709. The van der Waals surface area contributed by atoms with Crippen molar-refractivity contribution in [1.82, 2.24) is 15.0 Å². The third-order valence-corrected chi connectivity index (χ3v) is 6.09. The molecule has 116 valence electrons. The van der Waals surface area contributed by atoms with Crippen LogP contribution in [0.25, 0.3) is 0 Å². The van der Waals surface area contributed by atoms with Crippen molar-refractivity contribution < 1.29 is 18.3 Å². The van der Waals surface area contributed by atoms with Crippen molar-refractivity contribution in [3.8, 4) is 0 Å². The van der Waals surface area contributed by atoms with Crippen molar-refractivity contribution >= 4 is 15.8 Å². The van der Waals surface area contributed by atoms with Crippen LogP contribution in [0, 0.1) is 0 Å². The van der Waals surface area contributed by atoms with Gasteiger partial charge in [0.25, 0.3) is 0 Å². The van der Waals surface area contributed by atoms with Gasteiger partial charge in [0.15, 0.2) is 5.69 Å². The Morgan fingerprint density at radius 1 is 1.29 bits per heavy atom. The minimum atomic E-state index is -3.07. The molecule has 0 radical (unpaired) electrons. The molecule has 1 N–H and O–H groups in total. The van der Waals surface area contributed by atoms with Crippen LogP contribution in [0.4, 0.5) is 0 Å². The fourth-order valence-electron chi connectivity index (χ4n) is 3.19. The van der Waals surface area contributed by atoms with Crippen molar-refractivity contribution in [2.45, 2.75) is 55.7 Å². The van der Waals surface area contributed by atoms with E-state index >= 15 is 0 Å². The molecule has 2 aliphatic rings. The summed E-state index contributed by atoms with van der Waals surface area (Å²) in [6.45, 7) is 0. The number of carbonyl (C=O) groups is 1. The number of rotatable bonds is 4. The van der Waals surface area contributed by atoms with Gasteiger partial charge in [-0.25, -0.2) is 17.9 Å². The van der Waals surface area contributed by atoms with Gasteiger partial charge in [0, 0.05) is 12.2 Å². The smallest absolute Gasteiger partial charge is 0.358 e. The summed E-state index contributed by atoms with van der Waals surface area (Å²) < 4.78 is 25.2. The molecule has 0 saturated heterocycles. The minimum absolute atomic E-state index is 0.0268. The molecule has 0 bridgehead atoms. The topological polar surface area (TPSA) is 102 Å². The lowest BCUT2D eigenvalue weighted by molar-refractivity contribution is 0.0689. The third kappa shape index (κ3) is 2.81. The van der Waals surface area contributed by atoms with Crippen LogP contribution in [-0.4, -0.2) is 46.0 Å². The second-order valence-corrected chi connectivity index (χ2v) is 8.44. The lowest BCUT2D eigenvalue weighted by Gasteiger charge is -2.28. The molecule has 1 heterocycles. The maximum Gasteiger partial charge on any atom is 0.358 e. The molecule has 1 aromatic rings. The Bertz CT molecular complexity index is 663. The molecule has 2 unspecified atom stereocenters. The van der Waals surface area contributed by atoms with Gasteiger partial charge >= 0.3 is 5.97 Å². The SMILES string of the molecule is CS(=O)(=O)C1CCCC(n2nnc(C(=O)O)c2C2CC2)C1. The molecule has 0 aromatic carbocycles. The van der Waals surface area contributed by atoms with Crippen LogP contribution in [0.3, 0.4) is 0 Å². The van der Waals surface area contributed by atoms with E-state index in [4.69, 9.17) is 0 Å². The summed E-state index contributed by atoms with van der Waals surface area (Å²) in [6.07, 6.45) is 6.00. The van der Waals surface area contributed by atoms with Crippen LogP contribution >= 0.6 is 0 Å². The van der Waals surface area contributed by atoms with E-state index in [0.29, 0.717) is 18.5 Å². The highest BCUT2D eigenvalue weighted by Gasteiger charge is 2.38. The van der Waals surface area contributed by atoms with Gasteiger partial charge < -0.3 is 5.11 Å². The van der Waals surface area contributed by atoms with Gasteiger partial charge in [-0.15, -0.1) is 5.10 Å². The number of aromatic carboxylic acids is 1. The Morgan fingerprint density at radius 3 is 2.57 bits per heavy atom. The molecular formula is C13H19N3O4S. The largest absolute Gasteiger partial charge is 0.476 e. The number of aromatic nitrogens is 3. The van der Waals surface area contributed by atoms with E-state index < -0.39 is 15.8 Å². The number of sulfone groups is 1. The number of carboxylic acids is 1. The van der Waals surface area contributed by atoms with Crippen LogP contribution < -0.4 is 0 Å². The standard InChI is InChI=1S/C13H19N3O4S/c1-21(19,20)10-4-2-3-9(7-10)16-12(8-5-6-8)11(13(17)18)14-15-16/h8-10H,2-7H2,1H3,(H,17,18). The summed E-state index contributed by atoms with van der Waals surface area (Å²) in [4.78, 5) is 11.3. The Balaban J connectivity index is 1.91. The molecule has 8 heteroatoms. The lowest BCUT2D eigenvalue weighted by Crippen LogP contribution is -2.30. The van der Waals surface area contributed by atoms with E-state index in [2.05, 4.69) is 10.3 Å². The molecule has 21 heavy (non-hydrogen) atoms. The van der Waals surface area contributed by atoms with Crippen LogP contribution in [-0.2, 0) is 9.84 Å². The second kappa shape index (κ2) is 5.08. The monoisotopic (exact) mass is 313 g/mol. The third-order valence-electron chi connectivity index (χ3n) is 4.45. The van der Waals surface area contributed by atoms with Crippen LogP contribution in [0.5, 0.6) is 0 Å². The predicted octanol–water partition coefficient (Wildman–Crippen LogP) is 1.38. The highest BCUT2D eigenvalue weighted by Crippen LogP contribution is 2.43. The predicted molar refractivity (Wildman–Crippen MR) is 75.1 cm³/mol. The van der Waals surface area contributed by atoms with Gasteiger partial charge in [0.2, 0.25) is 0 Å². The first-order valence-electron chi connectivity index (χ1n) is 7.25. The Hall–Kier alpha value is -1.44. The van der Waals surface area contributed by atoms with Crippen molar-refractivity contribution in [2.75, 3.05) is 6.26 Å². The molecule has 7 nitrogen and oxygen atoms in total. The van der Waals surface area contributed by atoms with Crippen molar-refractivity contribution in [3.05, 3.63) is 11.4 Å². The van der Waals surface area contributed by atoms with Gasteiger partial charge in [-0.3, -0.25) is 0 Å². The van der Waals surface area contributed by atoms with E-state index in [-0.39, 0.29) is 22.9 Å². The highest BCUT2D eigenvalue weighted by atomic mass is 32.2. The van der Waals surface area contributed by atoms with Gasteiger partial charge in [0.05, 0.1) is 17.0 Å². The molecule has 0 aliphatic heterocycles. The van der Waals surface area contributed by atoms with Gasteiger partial charge in [-0.2, -0.15) is 0 Å². The quantitative estimate of drug-likeness (QED) is 0.901. The Morgan fingerprint density at radius 2 is 2.00 bits per heavy atom. The summed E-state index contributed by atoms with van der Waals surface area (Å²) >= 11 is 0. The number of nitrogens with zero attached hydrogens (tertiary/aromatic N) is 3. The zero-order chi connectivity index (χ0) is 15.2. The molecule has 2 fully saturated rings. The van der Waals surface area contributed by atoms with Crippen molar-refractivity contribution in [3.63, 3.8) is 0 Å². The van der Waals surface area contributed by atoms with Gasteiger partial charge in [-0.1, -0.05) is 11.6 Å². The van der Waals surface area contributed by atoms with E-state index in [9.17, 15) is 18.3 Å². The summed E-state index contributed by atoms with van der Waals surface area (Å²) in [7, 11) is -3.07. The zero-order valence-electron chi connectivity index (χ0n) is 11.9. The maximum atomic E-state index is 11.8. The molecule has 2 saturated carbocycles. The Labute approximate surface area is 123 Å². The molecule has 2 aliphatic carbocycles. The molecule has 3 rings (SSSR count). The molecule has 0 amide bonds. The summed E-state index contributed by atoms with van der Waals surface area (Å²) in [6, 6.07) is -0.0605. The number of hydrogen-bond donors (Lipinski definition) is 1. The summed E-state index contributed by atoms with van der Waals surface area (Å²) in [5.74, 6) is -0.844. The molecular weight excluding hydrogens is 294 g/mol. The minimum Gasteiger partial charge on any atom is -0.476 e. The fourth-order valence-corrected chi connectivity index (χ4v) is 4.36. The van der Waals surface area contributed by atoms with E-state index in [0.717, 1.165) is 25.7 Å². The van der Waals surface area contributed by atoms with Crippen LogP contribution in [0.1, 0.15) is 66.7 Å². The Kier molecular flexibility index (Phi) is 3.51. The average molecular weight is 313 g/mol. The van der Waals surface area contributed by atoms with Crippen molar-refractivity contribution in [1.29, 1.82) is 0 Å². The molecule has 1 aromatic heterocycles. The first kappa shape index (κ1) is 14.5. The van der Waals surface area contributed by atoms with E-state index in [1.165, 1.54) is 6.26 Å². The number of hydrogen-bond acceptors (Lipinski definition) is 5. The number of carboxylic acid groups (broad SMARTS) is 1. The van der Waals surface area contributed by atoms with Crippen LogP contribution in [0.15, 0.2) is 0 Å². The highest BCUT2D eigenvalue weighted by molar-refractivity contribution is 7.91. The van der Waals surface area contributed by atoms with E-state index in [1.54, 1.807) is 4.68 Å². The zero-order valence-corrected chi connectivity index (χ0v) is 12.7. The second-order valence-electron chi connectivity index (χ2n) is 6.12. The first-order valence-corrected chi connectivity index (χ1v) is 9.20. The van der Waals surface area contributed by atoms with E-state index in [1.807, 2.05) is 0 Å². The maximum absolute atomic E-state index is 11.8. The van der Waals surface area contributed by atoms with Gasteiger partial charge in [-0.05, 0) is 32.1 Å². The van der Waals surface area contributed by atoms with Crippen LogP contribution in [0.2, 0.25) is 0 Å². The first-order chi connectivity index (χ1) is 9.88. The van der Waals surface area contributed by atoms with Gasteiger partial charge in [0.1, 0.15) is 9.84 Å². The van der Waals surface area contributed by atoms with Crippen molar-refractivity contribution in [2.24, 2.45) is 0 Å². The fraction of sp³-hybridized carbons (Fsp3) is 0.769. The molecule has 2 atom stereocenters. The average Bonchev–Trinajstić information content (AvgIpc) is 3.16. The lowest BCUT2D eigenvalue weighted by atomic mass is 9.94. The normalized spacial score (nSPS) is 26.7. The summed E-state index contributed by atoms with van der Waals surface area (Å²) in [5, 5.41) is 16.7. The molecule has 0 spiro atoms.